The minimum Gasteiger partial charge on any atom is -0.449 e. The molecule has 1 aromatic heterocycles. The summed E-state index contributed by atoms with van der Waals surface area (Å²) in [5.74, 6) is 0.00629. The molecule has 84 valence electrons. The standard InChI is InChI=1S/C6H10N4O4S/c1-2-14-6(11)10-15(12,13)9-5-7-3-4-8-5/h3-4H,2H2,1H3,(H,10,11)(H2,7,8,9). The number of hydrogen-bond acceptors (Lipinski definition) is 5. The minimum absolute atomic E-state index is 0.00629. The summed E-state index contributed by atoms with van der Waals surface area (Å²) in [6.07, 6.45) is 1.75. The Morgan fingerprint density at radius 2 is 2.40 bits per heavy atom. The van der Waals surface area contributed by atoms with Gasteiger partial charge in [0.05, 0.1) is 6.61 Å². The second-order valence-electron chi connectivity index (χ2n) is 2.37. The van der Waals surface area contributed by atoms with E-state index >= 15 is 0 Å². The molecule has 8 nitrogen and oxygen atoms in total. The number of ether oxygens (including phenoxy) is 1. The molecule has 0 fully saturated rings. The lowest BCUT2D eigenvalue weighted by Crippen LogP contribution is -2.36. The van der Waals surface area contributed by atoms with Crippen LogP contribution in [0.2, 0.25) is 0 Å². The number of amides is 1. The van der Waals surface area contributed by atoms with Crippen molar-refractivity contribution in [2.24, 2.45) is 0 Å². The topological polar surface area (TPSA) is 113 Å². The van der Waals surface area contributed by atoms with Gasteiger partial charge in [0.2, 0.25) is 5.95 Å². The van der Waals surface area contributed by atoms with Crippen molar-refractivity contribution in [3.63, 3.8) is 0 Å². The first-order chi connectivity index (χ1) is 7.03. The lowest BCUT2D eigenvalue weighted by Gasteiger charge is -2.06. The molecular formula is C6H10N4O4S. The maximum absolute atomic E-state index is 11.2. The Hall–Kier alpha value is -1.77. The molecule has 0 atom stereocenters. The normalized spacial score (nSPS) is 10.7. The third-order valence-corrected chi connectivity index (χ3v) is 2.12. The molecule has 1 aromatic rings. The highest BCUT2D eigenvalue weighted by Gasteiger charge is 2.15. The number of carbonyl (C=O) groups is 1. The molecule has 3 N–H and O–H groups in total. The van der Waals surface area contributed by atoms with E-state index in [0.717, 1.165) is 0 Å². The van der Waals surface area contributed by atoms with Crippen LogP contribution in [0.1, 0.15) is 6.92 Å². The van der Waals surface area contributed by atoms with Crippen molar-refractivity contribution in [2.75, 3.05) is 11.3 Å². The summed E-state index contributed by atoms with van der Waals surface area (Å²) >= 11 is 0. The van der Waals surface area contributed by atoms with Gasteiger partial charge in [0.15, 0.2) is 0 Å². The Morgan fingerprint density at radius 3 is 2.93 bits per heavy atom. The smallest absolute Gasteiger partial charge is 0.422 e. The van der Waals surface area contributed by atoms with Crippen molar-refractivity contribution >= 4 is 22.3 Å². The molecule has 0 aliphatic rings. The third kappa shape index (κ3) is 3.85. The summed E-state index contributed by atoms with van der Waals surface area (Å²) in [4.78, 5) is 16.9. The summed E-state index contributed by atoms with van der Waals surface area (Å²) < 4.78 is 30.4. The van der Waals surface area contributed by atoms with E-state index in [1.807, 2.05) is 4.72 Å². The number of H-pyrrole nitrogens is 1. The van der Waals surface area contributed by atoms with Gasteiger partial charge in [0.25, 0.3) is 0 Å². The van der Waals surface area contributed by atoms with Crippen molar-refractivity contribution in [3.8, 4) is 0 Å². The maximum atomic E-state index is 11.2. The largest absolute Gasteiger partial charge is 0.449 e. The van der Waals surface area contributed by atoms with Gasteiger partial charge in [-0.05, 0) is 6.92 Å². The number of nitrogens with one attached hydrogen (secondary N) is 3. The molecule has 9 heteroatoms. The number of anilines is 1. The number of imidazole rings is 1. The van der Waals surface area contributed by atoms with Gasteiger partial charge in [-0.3, -0.25) is 0 Å². The molecule has 0 aliphatic carbocycles. The highest BCUT2D eigenvalue weighted by Crippen LogP contribution is 1.97. The summed E-state index contributed by atoms with van der Waals surface area (Å²) in [6.45, 7) is 1.65. The van der Waals surface area contributed by atoms with E-state index in [-0.39, 0.29) is 12.6 Å². The number of aromatic nitrogens is 2. The highest BCUT2D eigenvalue weighted by molar-refractivity contribution is 7.91. The molecule has 0 saturated carbocycles. The second kappa shape index (κ2) is 4.64. The molecule has 0 bridgehead atoms. The van der Waals surface area contributed by atoms with Crippen LogP contribution in [-0.4, -0.2) is 31.1 Å². The molecule has 0 aromatic carbocycles. The van der Waals surface area contributed by atoms with Crippen LogP contribution in [-0.2, 0) is 14.9 Å². The third-order valence-electron chi connectivity index (χ3n) is 1.22. The second-order valence-corrected chi connectivity index (χ2v) is 3.78. The quantitative estimate of drug-likeness (QED) is 0.668. The van der Waals surface area contributed by atoms with Crippen LogP contribution in [0.3, 0.4) is 0 Å². The fraction of sp³-hybridized carbons (Fsp3) is 0.333. The first-order valence-corrected chi connectivity index (χ1v) is 5.48. The van der Waals surface area contributed by atoms with Gasteiger partial charge in [0, 0.05) is 12.4 Å². The van der Waals surface area contributed by atoms with E-state index in [1.165, 1.54) is 12.4 Å². The van der Waals surface area contributed by atoms with Gasteiger partial charge < -0.3 is 9.72 Å². The molecule has 1 amide bonds. The molecule has 0 spiro atoms. The molecule has 0 unspecified atom stereocenters. The van der Waals surface area contributed by atoms with Crippen LogP contribution in [0, 0.1) is 0 Å². The maximum Gasteiger partial charge on any atom is 0.422 e. The van der Waals surface area contributed by atoms with Gasteiger partial charge in [-0.2, -0.15) is 8.42 Å². The van der Waals surface area contributed by atoms with Crippen LogP contribution in [0.4, 0.5) is 10.7 Å². The van der Waals surface area contributed by atoms with Gasteiger partial charge in [-0.25, -0.2) is 19.2 Å². The number of aromatic amines is 1. The first-order valence-electron chi connectivity index (χ1n) is 4.00. The van der Waals surface area contributed by atoms with Crippen molar-refractivity contribution < 1.29 is 17.9 Å². The zero-order valence-corrected chi connectivity index (χ0v) is 8.67. The summed E-state index contributed by atoms with van der Waals surface area (Å²) in [5, 5.41) is 0. The van der Waals surface area contributed by atoms with Gasteiger partial charge in [-0.15, -0.1) is 0 Å². The molecule has 0 saturated heterocycles. The monoisotopic (exact) mass is 234 g/mol. The molecular weight excluding hydrogens is 224 g/mol. The molecule has 1 heterocycles. The van der Waals surface area contributed by atoms with Crippen molar-refractivity contribution in [1.82, 2.24) is 14.7 Å². The Kier molecular flexibility index (Phi) is 3.50. The van der Waals surface area contributed by atoms with Gasteiger partial charge in [-0.1, -0.05) is 0 Å². The van der Waals surface area contributed by atoms with E-state index in [1.54, 1.807) is 11.6 Å². The van der Waals surface area contributed by atoms with Gasteiger partial charge in [0.1, 0.15) is 0 Å². The molecule has 15 heavy (non-hydrogen) atoms. The lowest BCUT2D eigenvalue weighted by molar-refractivity contribution is 0.159. The SMILES string of the molecule is CCOC(=O)NS(=O)(=O)Nc1ncc[nH]1. The zero-order chi connectivity index (χ0) is 11.3. The fourth-order valence-electron chi connectivity index (χ4n) is 0.744. The van der Waals surface area contributed by atoms with E-state index in [2.05, 4.69) is 14.7 Å². The molecule has 0 radical (unpaired) electrons. The number of hydrogen-bond donors (Lipinski definition) is 3. The summed E-state index contributed by atoms with van der Waals surface area (Å²) in [7, 11) is -3.99. The molecule has 1 rings (SSSR count). The number of rotatable bonds is 4. The van der Waals surface area contributed by atoms with E-state index in [9.17, 15) is 13.2 Å². The Morgan fingerprint density at radius 1 is 1.67 bits per heavy atom. The predicted molar refractivity (Wildman–Crippen MR) is 51.3 cm³/mol. The van der Waals surface area contributed by atoms with E-state index < -0.39 is 16.3 Å². The Bertz CT molecular complexity index is 412. The van der Waals surface area contributed by atoms with Crippen molar-refractivity contribution in [2.45, 2.75) is 6.92 Å². The van der Waals surface area contributed by atoms with Crippen LogP contribution >= 0.6 is 0 Å². The molecule has 0 aliphatic heterocycles. The summed E-state index contributed by atoms with van der Waals surface area (Å²) in [6, 6.07) is 0. The van der Waals surface area contributed by atoms with Crippen LogP contribution in [0.25, 0.3) is 0 Å². The lowest BCUT2D eigenvalue weighted by atomic mass is 10.9. The highest BCUT2D eigenvalue weighted by atomic mass is 32.2. The van der Waals surface area contributed by atoms with Crippen LogP contribution in [0.5, 0.6) is 0 Å². The Balaban J connectivity index is 2.57. The first kappa shape index (κ1) is 11.3. The zero-order valence-electron chi connectivity index (χ0n) is 7.85. The van der Waals surface area contributed by atoms with E-state index in [0.29, 0.717) is 0 Å². The van der Waals surface area contributed by atoms with Gasteiger partial charge >= 0.3 is 16.3 Å². The number of nitrogens with zero attached hydrogens (tertiary/aromatic N) is 1. The van der Waals surface area contributed by atoms with E-state index in [4.69, 9.17) is 0 Å². The minimum atomic E-state index is -3.99. The average Bonchev–Trinajstić information content (AvgIpc) is 2.54. The predicted octanol–water partition coefficient (Wildman–Crippen LogP) is -0.188. The van der Waals surface area contributed by atoms with Crippen LogP contribution < -0.4 is 9.44 Å². The Labute approximate surface area is 86.2 Å². The fourth-order valence-corrected chi connectivity index (χ4v) is 1.44. The van der Waals surface area contributed by atoms with Crippen LogP contribution in [0.15, 0.2) is 12.4 Å². The van der Waals surface area contributed by atoms with Crippen molar-refractivity contribution in [1.29, 1.82) is 0 Å². The average molecular weight is 234 g/mol. The van der Waals surface area contributed by atoms with Crippen molar-refractivity contribution in [3.05, 3.63) is 12.4 Å². The number of carbonyl (C=O) groups excluding carboxylic acids is 1. The summed E-state index contributed by atoms with van der Waals surface area (Å²) in [5.41, 5.74) is 0.